The molecule has 0 saturated carbocycles. The monoisotopic (exact) mass is 528 g/mol. The lowest BCUT2D eigenvalue weighted by atomic mass is 9.92. The third-order valence-electron chi connectivity index (χ3n) is 5.88. The summed E-state index contributed by atoms with van der Waals surface area (Å²) in [5, 5.41) is 2.70. The van der Waals surface area contributed by atoms with Gasteiger partial charge in [0.1, 0.15) is 11.6 Å². The number of nitrogens with one attached hydrogen (secondary N) is 1. The van der Waals surface area contributed by atoms with Gasteiger partial charge in [0.15, 0.2) is 0 Å². The highest BCUT2D eigenvalue weighted by atomic mass is 16.6. The molecule has 1 aliphatic heterocycles. The van der Waals surface area contributed by atoms with Crippen LogP contribution in [-0.4, -0.2) is 91.1 Å². The van der Waals surface area contributed by atoms with E-state index in [4.69, 9.17) is 15.4 Å². The van der Waals surface area contributed by atoms with Crippen molar-refractivity contribution >= 4 is 23.8 Å². The van der Waals surface area contributed by atoms with Crippen LogP contribution < -0.4 is 11.2 Å². The number of carbonyl (C=O) groups excluding carboxylic acids is 4. The molecule has 0 radical (unpaired) electrons. The van der Waals surface area contributed by atoms with Crippen LogP contribution >= 0.6 is 0 Å². The Bertz CT molecular complexity index is 779. The lowest BCUT2D eigenvalue weighted by Crippen LogP contribution is -2.53. The minimum atomic E-state index is -0.932. The molecule has 0 aromatic carbocycles. The summed E-state index contributed by atoms with van der Waals surface area (Å²) in [7, 11) is 0. The highest BCUT2D eigenvalue weighted by molar-refractivity contribution is 5.87. The topological polar surface area (TPSA) is 140 Å². The first-order valence-corrected chi connectivity index (χ1v) is 13.0. The Morgan fingerprint density at radius 2 is 1.54 bits per heavy atom. The molecule has 11 heteroatoms. The molecule has 1 fully saturated rings. The van der Waals surface area contributed by atoms with Crippen LogP contribution in [0.15, 0.2) is 0 Å². The Kier molecular flexibility index (Phi) is 12.5. The van der Waals surface area contributed by atoms with Gasteiger partial charge >= 0.3 is 11.9 Å². The molecule has 0 aliphatic carbocycles. The summed E-state index contributed by atoms with van der Waals surface area (Å²) in [6, 6.07) is -0.932. The van der Waals surface area contributed by atoms with Gasteiger partial charge in [-0.05, 0) is 47.5 Å². The number of ether oxygens (including phenoxy) is 2. The van der Waals surface area contributed by atoms with Crippen molar-refractivity contribution in [1.82, 2.24) is 15.1 Å². The van der Waals surface area contributed by atoms with Crippen LogP contribution in [0.5, 0.6) is 0 Å². The van der Waals surface area contributed by atoms with Gasteiger partial charge in [0, 0.05) is 44.6 Å². The van der Waals surface area contributed by atoms with E-state index in [0.29, 0.717) is 19.5 Å². The van der Waals surface area contributed by atoms with Gasteiger partial charge in [-0.2, -0.15) is 0 Å². The third-order valence-corrected chi connectivity index (χ3v) is 5.88. The number of hydrogen-bond donors (Lipinski definition) is 2. The van der Waals surface area contributed by atoms with Crippen LogP contribution in [0.1, 0.15) is 74.7 Å². The van der Waals surface area contributed by atoms with Crippen molar-refractivity contribution in [1.29, 1.82) is 0 Å². The molecule has 1 unspecified atom stereocenters. The molecule has 0 spiro atoms. The molecule has 214 valence electrons. The van der Waals surface area contributed by atoms with Crippen molar-refractivity contribution < 1.29 is 33.5 Å². The molecular formula is C26H48N4O7. The van der Waals surface area contributed by atoms with Crippen LogP contribution in [0.3, 0.4) is 0 Å². The van der Waals surface area contributed by atoms with Gasteiger partial charge in [-0.1, -0.05) is 20.8 Å². The zero-order valence-electron chi connectivity index (χ0n) is 24.0. The fourth-order valence-electron chi connectivity index (χ4n) is 3.68. The minimum Gasteiger partial charge on any atom is -0.466 e. The molecule has 1 saturated heterocycles. The summed E-state index contributed by atoms with van der Waals surface area (Å²) in [6.45, 7) is 18.0. The Labute approximate surface area is 221 Å². The lowest BCUT2D eigenvalue weighted by molar-refractivity contribution is -0.159. The van der Waals surface area contributed by atoms with Gasteiger partial charge in [0.25, 0.3) is 0 Å². The Morgan fingerprint density at radius 1 is 0.946 bits per heavy atom. The minimum absolute atomic E-state index is 0.0165. The van der Waals surface area contributed by atoms with E-state index in [1.54, 1.807) is 41.5 Å². The van der Waals surface area contributed by atoms with Gasteiger partial charge in [0.05, 0.1) is 18.6 Å². The largest absolute Gasteiger partial charge is 0.466 e. The number of esters is 2. The summed E-state index contributed by atoms with van der Waals surface area (Å²) in [5.74, 6) is 3.86. The highest BCUT2D eigenvalue weighted by Crippen LogP contribution is 2.20. The Balaban J connectivity index is 2.42. The van der Waals surface area contributed by atoms with Crippen molar-refractivity contribution in [2.45, 2.75) is 86.3 Å². The van der Waals surface area contributed by atoms with E-state index in [2.05, 4.69) is 15.1 Å². The smallest absolute Gasteiger partial charge is 0.329 e. The average Bonchev–Trinajstić information content (AvgIpc) is 2.77. The molecule has 1 atom stereocenters. The molecule has 3 N–H and O–H groups in total. The van der Waals surface area contributed by atoms with Crippen LogP contribution in [0.4, 0.5) is 0 Å². The normalized spacial score (nSPS) is 16.2. The molecule has 11 nitrogen and oxygen atoms in total. The summed E-state index contributed by atoms with van der Waals surface area (Å²) in [5.41, 5.74) is -2.06. The van der Waals surface area contributed by atoms with E-state index in [1.807, 2.05) is 18.7 Å². The second kappa shape index (κ2) is 14.1. The Morgan fingerprint density at radius 3 is 2.05 bits per heavy atom. The van der Waals surface area contributed by atoms with Crippen LogP contribution in [0, 0.1) is 10.8 Å². The fourth-order valence-corrected chi connectivity index (χ4v) is 3.68. The maximum Gasteiger partial charge on any atom is 0.329 e. The first kappa shape index (κ1) is 32.8. The molecule has 37 heavy (non-hydrogen) atoms. The van der Waals surface area contributed by atoms with Crippen molar-refractivity contribution in [2.24, 2.45) is 16.7 Å². The van der Waals surface area contributed by atoms with Gasteiger partial charge < -0.3 is 24.5 Å². The van der Waals surface area contributed by atoms with E-state index in [-0.39, 0.29) is 37.9 Å². The summed E-state index contributed by atoms with van der Waals surface area (Å²) < 4.78 is 10.8. The first-order valence-electron chi connectivity index (χ1n) is 13.0. The number of rotatable bonds is 12. The molecule has 2 amide bonds. The van der Waals surface area contributed by atoms with Crippen molar-refractivity contribution in [2.75, 3.05) is 45.9 Å². The molecule has 0 aromatic rings. The summed E-state index contributed by atoms with van der Waals surface area (Å²) in [6.07, 6.45) is 0.733. The maximum atomic E-state index is 12.6. The zero-order valence-corrected chi connectivity index (χ0v) is 24.0. The maximum absolute atomic E-state index is 12.6. The van der Waals surface area contributed by atoms with E-state index < -0.39 is 34.4 Å². The van der Waals surface area contributed by atoms with E-state index in [0.717, 1.165) is 19.6 Å². The number of piperazine rings is 1. The van der Waals surface area contributed by atoms with Crippen LogP contribution in [0.25, 0.3) is 0 Å². The second-order valence-corrected chi connectivity index (χ2v) is 12.3. The number of nitrogens with two attached hydrogens (primary N) is 1. The predicted octanol–water partition coefficient (Wildman–Crippen LogP) is 1.63. The fraction of sp³-hybridized carbons (Fsp3) is 0.846. The molecule has 1 aliphatic rings. The predicted molar refractivity (Wildman–Crippen MR) is 139 cm³/mol. The quantitative estimate of drug-likeness (QED) is 0.220. The van der Waals surface area contributed by atoms with Gasteiger partial charge in [-0.15, -0.1) is 0 Å². The molecule has 0 aromatic heterocycles. The van der Waals surface area contributed by atoms with Crippen LogP contribution in [0.2, 0.25) is 0 Å². The molecule has 1 heterocycles. The number of amides is 2. The van der Waals surface area contributed by atoms with Gasteiger partial charge in [-0.3, -0.25) is 19.3 Å². The third kappa shape index (κ3) is 12.2. The Hall–Kier alpha value is -2.24. The SMILES string of the molecule is CC(C)(C)OC(=O)C(CCC(=O)OCCCN1CCN(C(=O)C(C)(C)CON)CC1)NC(=O)C(C)(C)C. The first-order chi connectivity index (χ1) is 17.0. The van der Waals surface area contributed by atoms with E-state index in [9.17, 15) is 19.2 Å². The van der Waals surface area contributed by atoms with Crippen molar-refractivity contribution in [3.05, 3.63) is 0 Å². The number of hydrogen-bond acceptors (Lipinski definition) is 9. The summed E-state index contributed by atoms with van der Waals surface area (Å²) in [4.78, 5) is 58.7. The highest BCUT2D eigenvalue weighted by Gasteiger charge is 2.34. The molecule has 0 bridgehead atoms. The zero-order chi connectivity index (χ0) is 28.4. The number of nitrogens with zero attached hydrogens (tertiary/aromatic N) is 2. The number of carbonyl (C=O) groups is 4. The van der Waals surface area contributed by atoms with E-state index in [1.165, 1.54) is 0 Å². The van der Waals surface area contributed by atoms with Crippen molar-refractivity contribution in [3.8, 4) is 0 Å². The van der Waals surface area contributed by atoms with Crippen LogP contribution in [-0.2, 0) is 33.5 Å². The molecular weight excluding hydrogens is 480 g/mol. The molecule has 1 rings (SSSR count). The van der Waals surface area contributed by atoms with Gasteiger partial charge in [0.2, 0.25) is 11.8 Å². The second-order valence-electron chi connectivity index (χ2n) is 12.3. The lowest BCUT2D eigenvalue weighted by Gasteiger charge is -2.38. The standard InChI is InChI=1S/C26H48N4O7/c1-24(2,3)22(33)28-19(21(32)37-25(4,5)6)10-11-20(31)35-17-9-12-29-13-15-30(16-14-29)23(34)26(7,8)18-36-27/h19H,9-18,27H2,1-8H3,(H,28,33). The van der Waals surface area contributed by atoms with E-state index >= 15 is 0 Å². The summed E-state index contributed by atoms with van der Waals surface area (Å²) >= 11 is 0. The average molecular weight is 529 g/mol. The van der Waals surface area contributed by atoms with Gasteiger partial charge in [-0.25, -0.2) is 10.7 Å². The van der Waals surface area contributed by atoms with Crippen molar-refractivity contribution in [3.63, 3.8) is 0 Å².